The van der Waals surface area contributed by atoms with Gasteiger partial charge in [-0.2, -0.15) is 0 Å². The van der Waals surface area contributed by atoms with Crippen molar-refractivity contribution in [3.8, 4) is 0 Å². The van der Waals surface area contributed by atoms with E-state index in [1.165, 1.54) is 12.8 Å². The predicted molar refractivity (Wildman–Crippen MR) is 54.8 cm³/mol. The van der Waals surface area contributed by atoms with E-state index in [4.69, 9.17) is 0 Å². The second-order valence-electron chi connectivity index (χ2n) is 4.24. The Morgan fingerprint density at radius 1 is 1.46 bits per heavy atom. The molecule has 1 fully saturated rings. The average molecular weight is 183 g/mol. The van der Waals surface area contributed by atoms with E-state index < -0.39 is 0 Å². The van der Waals surface area contributed by atoms with Crippen LogP contribution < -0.4 is 5.32 Å². The topological polar surface area (TPSA) is 29.1 Å². The van der Waals surface area contributed by atoms with Gasteiger partial charge >= 0.3 is 0 Å². The second kappa shape index (κ2) is 4.75. The number of nitrogens with one attached hydrogen (secondary N) is 1. The van der Waals surface area contributed by atoms with Crippen LogP contribution in [0.3, 0.4) is 0 Å². The molecule has 0 aromatic carbocycles. The van der Waals surface area contributed by atoms with Crippen LogP contribution in [-0.2, 0) is 4.79 Å². The Bertz CT molecular complexity index is 171. The van der Waals surface area contributed by atoms with E-state index in [1.54, 1.807) is 0 Å². The van der Waals surface area contributed by atoms with E-state index in [9.17, 15) is 4.79 Å². The maximum Gasteiger partial charge on any atom is 0.152 e. The molecule has 1 rings (SSSR count). The monoisotopic (exact) mass is 183 g/mol. The molecular weight excluding hydrogens is 162 g/mol. The smallest absolute Gasteiger partial charge is 0.152 e. The first kappa shape index (κ1) is 10.7. The minimum atomic E-state index is -0.187. The van der Waals surface area contributed by atoms with Crippen LogP contribution in [0.5, 0.6) is 0 Å². The standard InChI is InChI=1S/C11H21NO/c1-3-4-5-7-10(13)11(2)8-6-9-12-11/h12H,3-9H2,1-2H3. The first-order valence-electron chi connectivity index (χ1n) is 5.47. The Labute approximate surface area is 81.1 Å². The molecule has 0 saturated carbocycles. The van der Waals surface area contributed by atoms with Crippen molar-refractivity contribution in [2.75, 3.05) is 6.54 Å². The molecule has 1 N–H and O–H groups in total. The van der Waals surface area contributed by atoms with Gasteiger partial charge in [-0.05, 0) is 32.7 Å². The Morgan fingerprint density at radius 2 is 2.23 bits per heavy atom. The number of hydrogen-bond donors (Lipinski definition) is 1. The first-order chi connectivity index (χ1) is 6.19. The molecule has 0 radical (unpaired) electrons. The minimum absolute atomic E-state index is 0.187. The van der Waals surface area contributed by atoms with Crippen LogP contribution in [0.15, 0.2) is 0 Å². The highest BCUT2D eigenvalue weighted by molar-refractivity contribution is 5.88. The highest BCUT2D eigenvalue weighted by Gasteiger charge is 2.34. The van der Waals surface area contributed by atoms with Crippen molar-refractivity contribution in [1.82, 2.24) is 5.32 Å². The Balaban J connectivity index is 2.29. The average Bonchev–Trinajstić information content (AvgIpc) is 2.54. The van der Waals surface area contributed by atoms with Gasteiger partial charge in [-0.1, -0.05) is 19.8 Å². The van der Waals surface area contributed by atoms with Gasteiger partial charge in [-0.3, -0.25) is 4.79 Å². The third-order valence-corrected chi connectivity index (χ3v) is 2.99. The van der Waals surface area contributed by atoms with Gasteiger partial charge in [0.25, 0.3) is 0 Å². The Hall–Kier alpha value is -0.370. The van der Waals surface area contributed by atoms with E-state index in [0.29, 0.717) is 5.78 Å². The van der Waals surface area contributed by atoms with Crippen molar-refractivity contribution >= 4 is 5.78 Å². The predicted octanol–water partition coefficient (Wildman–Crippen LogP) is 2.28. The molecule has 1 heterocycles. The number of Topliss-reactive ketones (excluding diaryl/α,β-unsaturated/α-hetero) is 1. The number of carbonyl (C=O) groups excluding carboxylic acids is 1. The fourth-order valence-electron chi connectivity index (χ4n) is 1.94. The maximum atomic E-state index is 11.8. The van der Waals surface area contributed by atoms with Gasteiger partial charge in [0.15, 0.2) is 5.78 Å². The molecule has 1 unspecified atom stereocenters. The molecule has 0 bridgehead atoms. The van der Waals surface area contributed by atoms with Crippen molar-refractivity contribution in [1.29, 1.82) is 0 Å². The first-order valence-corrected chi connectivity index (χ1v) is 5.47. The van der Waals surface area contributed by atoms with Crippen molar-refractivity contribution in [2.24, 2.45) is 0 Å². The fourth-order valence-corrected chi connectivity index (χ4v) is 1.94. The van der Waals surface area contributed by atoms with Gasteiger partial charge in [-0.25, -0.2) is 0 Å². The molecule has 0 aliphatic carbocycles. The van der Waals surface area contributed by atoms with Gasteiger partial charge in [-0.15, -0.1) is 0 Å². The highest BCUT2D eigenvalue weighted by Crippen LogP contribution is 2.21. The van der Waals surface area contributed by atoms with Crippen molar-refractivity contribution < 1.29 is 4.79 Å². The van der Waals surface area contributed by atoms with Gasteiger partial charge in [0.1, 0.15) is 0 Å². The third kappa shape index (κ3) is 2.80. The number of rotatable bonds is 5. The van der Waals surface area contributed by atoms with Crippen LogP contribution in [0.2, 0.25) is 0 Å². The summed E-state index contributed by atoms with van der Waals surface area (Å²) >= 11 is 0. The van der Waals surface area contributed by atoms with Crippen molar-refractivity contribution in [3.63, 3.8) is 0 Å². The molecule has 0 amide bonds. The Kier molecular flexibility index (Phi) is 3.91. The molecule has 1 aliphatic heterocycles. The molecular formula is C11H21NO. The van der Waals surface area contributed by atoms with E-state index in [1.807, 2.05) is 6.92 Å². The lowest BCUT2D eigenvalue weighted by Gasteiger charge is -2.22. The molecule has 2 heteroatoms. The van der Waals surface area contributed by atoms with Crippen LogP contribution in [0.25, 0.3) is 0 Å². The van der Waals surface area contributed by atoms with E-state index in [0.717, 1.165) is 32.2 Å². The third-order valence-electron chi connectivity index (χ3n) is 2.99. The number of hydrogen-bond acceptors (Lipinski definition) is 2. The maximum absolute atomic E-state index is 11.8. The zero-order valence-corrected chi connectivity index (χ0v) is 8.86. The van der Waals surface area contributed by atoms with Crippen molar-refractivity contribution in [3.05, 3.63) is 0 Å². The second-order valence-corrected chi connectivity index (χ2v) is 4.24. The lowest BCUT2D eigenvalue weighted by molar-refractivity contribution is -0.124. The van der Waals surface area contributed by atoms with Crippen LogP contribution >= 0.6 is 0 Å². The fraction of sp³-hybridized carbons (Fsp3) is 0.909. The summed E-state index contributed by atoms with van der Waals surface area (Å²) in [5, 5.41) is 3.31. The Morgan fingerprint density at radius 3 is 2.77 bits per heavy atom. The van der Waals surface area contributed by atoms with Gasteiger partial charge in [0.2, 0.25) is 0 Å². The number of ketones is 1. The summed E-state index contributed by atoms with van der Waals surface area (Å²) in [4.78, 5) is 11.8. The van der Waals surface area contributed by atoms with E-state index >= 15 is 0 Å². The molecule has 13 heavy (non-hydrogen) atoms. The normalized spacial score (nSPS) is 27.8. The molecule has 1 aliphatic rings. The SMILES string of the molecule is CCCCCC(=O)C1(C)CCCN1. The summed E-state index contributed by atoms with van der Waals surface area (Å²) in [6.45, 7) is 5.23. The van der Waals surface area contributed by atoms with Crippen molar-refractivity contribution in [2.45, 2.75) is 57.9 Å². The summed E-state index contributed by atoms with van der Waals surface area (Å²) in [5.74, 6) is 0.415. The molecule has 0 aromatic rings. The lowest BCUT2D eigenvalue weighted by atomic mass is 9.91. The zero-order chi connectivity index (χ0) is 9.73. The van der Waals surface area contributed by atoms with E-state index in [2.05, 4.69) is 12.2 Å². The quantitative estimate of drug-likeness (QED) is 0.662. The van der Waals surface area contributed by atoms with Crippen LogP contribution in [0.4, 0.5) is 0 Å². The summed E-state index contributed by atoms with van der Waals surface area (Å²) in [5.41, 5.74) is -0.187. The van der Waals surface area contributed by atoms with Crippen LogP contribution in [0.1, 0.15) is 52.4 Å². The molecule has 2 nitrogen and oxygen atoms in total. The molecule has 76 valence electrons. The van der Waals surface area contributed by atoms with Gasteiger partial charge < -0.3 is 5.32 Å². The summed E-state index contributed by atoms with van der Waals surface area (Å²) in [7, 11) is 0. The molecule has 1 atom stereocenters. The molecule has 0 aromatic heterocycles. The lowest BCUT2D eigenvalue weighted by Crippen LogP contribution is -2.44. The van der Waals surface area contributed by atoms with Crippen LogP contribution in [-0.4, -0.2) is 17.9 Å². The highest BCUT2D eigenvalue weighted by atomic mass is 16.1. The molecule has 1 saturated heterocycles. The largest absolute Gasteiger partial charge is 0.305 e. The van der Waals surface area contributed by atoms with E-state index in [-0.39, 0.29) is 5.54 Å². The van der Waals surface area contributed by atoms with Crippen LogP contribution in [0, 0.1) is 0 Å². The molecule has 0 spiro atoms. The number of carbonyl (C=O) groups is 1. The summed E-state index contributed by atoms with van der Waals surface area (Å²) in [6, 6.07) is 0. The summed E-state index contributed by atoms with van der Waals surface area (Å²) < 4.78 is 0. The van der Waals surface area contributed by atoms with Gasteiger partial charge in [0.05, 0.1) is 5.54 Å². The summed E-state index contributed by atoms with van der Waals surface area (Å²) in [6.07, 6.45) is 6.37. The van der Waals surface area contributed by atoms with Gasteiger partial charge in [0, 0.05) is 6.42 Å². The number of unbranched alkanes of at least 4 members (excludes halogenated alkanes) is 2. The minimum Gasteiger partial charge on any atom is -0.305 e. The zero-order valence-electron chi connectivity index (χ0n) is 8.86.